The molecule has 1 fully saturated rings. The topological polar surface area (TPSA) is 52.6 Å². The van der Waals surface area contributed by atoms with Gasteiger partial charge in [-0.3, -0.25) is 14.7 Å². The molecule has 4 aromatic rings. The van der Waals surface area contributed by atoms with Gasteiger partial charge in [0.2, 0.25) is 0 Å². The van der Waals surface area contributed by atoms with Gasteiger partial charge in [-0.2, -0.15) is 0 Å². The van der Waals surface area contributed by atoms with Crippen LogP contribution in [0.15, 0.2) is 42.5 Å². The third-order valence-corrected chi connectivity index (χ3v) is 8.55. The number of para-hydroxylation sites is 1. The maximum Gasteiger partial charge on any atom is 0.255 e. The zero-order valence-electron chi connectivity index (χ0n) is 20.5. The number of amides is 1. The molecule has 2 aromatic heterocycles. The standard InChI is InChI=1S/C28H31N5OS/c1-3-19-9-10-24-25(17-19)35-28(30-24)33-15-13-32(14-16-33)27(34)26-20-7-5-6-8-22(20)29-23-11-12-31(4-2)18-21(23)26/h5-10,17H,3-4,11-16,18H2,1-2H3. The molecule has 4 heterocycles. The molecular weight excluding hydrogens is 454 g/mol. The molecule has 2 aromatic carbocycles. The fourth-order valence-electron chi connectivity index (χ4n) is 5.33. The molecule has 0 saturated carbocycles. The lowest BCUT2D eigenvalue weighted by molar-refractivity contribution is 0.0745. The van der Waals surface area contributed by atoms with Gasteiger partial charge in [0.1, 0.15) is 0 Å². The first-order chi connectivity index (χ1) is 17.1. The predicted molar refractivity (Wildman–Crippen MR) is 144 cm³/mol. The van der Waals surface area contributed by atoms with E-state index < -0.39 is 0 Å². The Hall–Kier alpha value is -3.03. The number of carbonyl (C=O) groups is 1. The summed E-state index contributed by atoms with van der Waals surface area (Å²) < 4.78 is 1.24. The van der Waals surface area contributed by atoms with Crippen molar-refractivity contribution in [2.45, 2.75) is 33.2 Å². The highest BCUT2D eigenvalue weighted by atomic mass is 32.1. The van der Waals surface area contributed by atoms with Crippen LogP contribution in [0.25, 0.3) is 21.1 Å². The minimum Gasteiger partial charge on any atom is -0.345 e. The first kappa shape index (κ1) is 22.4. The Labute approximate surface area is 210 Å². The summed E-state index contributed by atoms with van der Waals surface area (Å²) in [5.41, 5.74) is 6.43. The number of thiazole rings is 1. The van der Waals surface area contributed by atoms with E-state index in [2.05, 4.69) is 47.9 Å². The molecule has 35 heavy (non-hydrogen) atoms. The number of anilines is 1. The van der Waals surface area contributed by atoms with Gasteiger partial charge in [0.05, 0.1) is 21.3 Å². The van der Waals surface area contributed by atoms with Crippen molar-refractivity contribution in [1.82, 2.24) is 19.8 Å². The molecule has 6 rings (SSSR count). The summed E-state index contributed by atoms with van der Waals surface area (Å²) >= 11 is 1.76. The molecule has 0 unspecified atom stereocenters. The van der Waals surface area contributed by atoms with Crippen molar-refractivity contribution >= 4 is 43.5 Å². The van der Waals surface area contributed by atoms with Crippen molar-refractivity contribution in [3.63, 3.8) is 0 Å². The van der Waals surface area contributed by atoms with Gasteiger partial charge in [0.15, 0.2) is 5.13 Å². The molecule has 1 saturated heterocycles. The van der Waals surface area contributed by atoms with E-state index in [1.165, 1.54) is 10.3 Å². The number of benzene rings is 2. The summed E-state index contributed by atoms with van der Waals surface area (Å²) in [6, 6.07) is 14.7. The van der Waals surface area contributed by atoms with E-state index in [0.717, 1.165) is 83.9 Å². The van der Waals surface area contributed by atoms with E-state index in [1.807, 2.05) is 23.1 Å². The van der Waals surface area contributed by atoms with Crippen molar-refractivity contribution in [2.24, 2.45) is 0 Å². The molecule has 0 atom stereocenters. The molecule has 180 valence electrons. The van der Waals surface area contributed by atoms with Crippen LogP contribution in [0.4, 0.5) is 5.13 Å². The molecule has 0 aliphatic carbocycles. The average molecular weight is 486 g/mol. The van der Waals surface area contributed by atoms with E-state index in [4.69, 9.17) is 9.97 Å². The van der Waals surface area contributed by atoms with Crippen LogP contribution in [0.3, 0.4) is 0 Å². The van der Waals surface area contributed by atoms with Crippen LogP contribution in [0, 0.1) is 0 Å². The minimum atomic E-state index is 0.148. The molecule has 1 amide bonds. The van der Waals surface area contributed by atoms with Crippen LogP contribution in [0.5, 0.6) is 0 Å². The van der Waals surface area contributed by atoms with E-state index in [-0.39, 0.29) is 5.91 Å². The number of rotatable bonds is 4. The van der Waals surface area contributed by atoms with Gasteiger partial charge in [-0.05, 0) is 36.7 Å². The Morgan fingerprint density at radius 2 is 1.80 bits per heavy atom. The summed E-state index contributed by atoms with van der Waals surface area (Å²) in [6.45, 7) is 10.2. The van der Waals surface area contributed by atoms with Gasteiger partial charge in [0.25, 0.3) is 5.91 Å². The van der Waals surface area contributed by atoms with Crippen molar-refractivity contribution in [1.29, 1.82) is 0 Å². The maximum atomic E-state index is 14.0. The van der Waals surface area contributed by atoms with E-state index in [1.54, 1.807) is 11.3 Å². The van der Waals surface area contributed by atoms with Crippen molar-refractivity contribution < 1.29 is 4.79 Å². The fraction of sp³-hybridized carbons (Fsp3) is 0.393. The van der Waals surface area contributed by atoms with Crippen LogP contribution in [-0.2, 0) is 19.4 Å². The molecule has 7 heteroatoms. The number of aromatic nitrogens is 2. The van der Waals surface area contributed by atoms with Gasteiger partial charge in [0, 0.05) is 62.3 Å². The van der Waals surface area contributed by atoms with E-state index in [9.17, 15) is 4.79 Å². The highest BCUT2D eigenvalue weighted by Gasteiger charge is 2.30. The van der Waals surface area contributed by atoms with Crippen molar-refractivity contribution in [2.75, 3.05) is 44.2 Å². The Morgan fingerprint density at radius 1 is 0.971 bits per heavy atom. The van der Waals surface area contributed by atoms with Crippen LogP contribution in [0.1, 0.15) is 41.0 Å². The van der Waals surface area contributed by atoms with E-state index >= 15 is 0 Å². The minimum absolute atomic E-state index is 0.148. The number of carbonyl (C=O) groups excluding carboxylic acids is 1. The molecule has 6 nitrogen and oxygen atoms in total. The highest BCUT2D eigenvalue weighted by molar-refractivity contribution is 7.22. The normalized spacial score (nSPS) is 16.7. The number of piperazine rings is 1. The molecule has 0 spiro atoms. The summed E-state index contributed by atoms with van der Waals surface area (Å²) in [5.74, 6) is 0.148. The van der Waals surface area contributed by atoms with Gasteiger partial charge >= 0.3 is 0 Å². The maximum absolute atomic E-state index is 14.0. The Kier molecular flexibility index (Phi) is 5.90. The first-order valence-corrected chi connectivity index (χ1v) is 13.5. The Balaban J connectivity index is 1.26. The lowest BCUT2D eigenvalue weighted by atomic mass is 9.94. The van der Waals surface area contributed by atoms with Gasteiger partial charge < -0.3 is 9.80 Å². The number of fused-ring (bicyclic) bond motifs is 3. The van der Waals surface area contributed by atoms with Crippen molar-refractivity contribution in [3.8, 4) is 0 Å². The highest BCUT2D eigenvalue weighted by Crippen LogP contribution is 2.32. The summed E-state index contributed by atoms with van der Waals surface area (Å²) in [5, 5.41) is 2.04. The number of hydrogen-bond acceptors (Lipinski definition) is 6. The number of pyridine rings is 1. The zero-order chi connectivity index (χ0) is 23.9. The zero-order valence-corrected chi connectivity index (χ0v) is 21.3. The molecule has 0 radical (unpaired) electrons. The van der Waals surface area contributed by atoms with Crippen molar-refractivity contribution in [3.05, 3.63) is 64.8 Å². The van der Waals surface area contributed by atoms with Gasteiger partial charge in [-0.15, -0.1) is 0 Å². The molecule has 0 N–H and O–H groups in total. The number of nitrogens with zero attached hydrogens (tertiary/aromatic N) is 5. The number of hydrogen-bond donors (Lipinski definition) is 0. The smallest absolute Gasteiger partial charge is 0.255 e. The number of aryl methyl sites for hydroxylation is 1. The molecule has 2 aliphatic rings. The van der Waals surface area contributed by atoms with Gasteiger partial charge in [-0.1, -0.05) is 49.4 Å². The molecule has 0 bridgehead atoms. The monoisotopic (exact) mass is 485 g/mol. The second-order valence-corrected chi connectivity index (χ2v) is 10.5. The molecular formula is C28H31N5OS. The Bertz CT molecular complexity index is 1410. The second-order valence-electron chi connectivity index (χ2n) is 9.48. The van der Waals surface area contributed by atoms with Crippen LogP contribution in [-0.4, -0.2) is 64.9 Å². The fourth-order valence-corrected chi connectivity index (χ4v) is 6.41. The summed E-state index contributed by atoms with van der Waals surface area (Å²) in [4.78, 5) is 30.6. The lowest BCUT2D eigenvalue weighted by Gasteiger charge is -2.36. The van der Waals surface area contributed by atoms with Crippen LogP contribution >= 0.6 is 11.3 Å². The molecule has 2 aliphatic heterocycles. The average Bonchev–Trinajstić information content (AvgIpc) is 3.34. The van der Waals surface area contributed by atoms with Crippen LogP contribution in [0.2, 0.25) is 0 Å². The van der Waals surface area contributed by atoms with Crippen LogP contribution < -0.4 is 4.90 Å². The predicted octanol–water partition coefficient (Wildman–Crippen LogP) is 4.75. The third-order valence-electron chi connectivity index (χ3n) is 7.47. The summed E-state index contributed by atoms with van der Waals surface area (Å²) in [6.07, 6.45) is 1.94. The Morgan fingerprint density at radius 3 is 2.60 bits per heavy atom. The van der Waals surface area contributed by atoms with Gasteiger partial charge in [-0.25, -0.2) is 4.98 Å². The first-order valence-electron chi connectivity index (χ1n) is 12.7. The number of likely N-dealkylation sites (N-methyl/N-ethyl adjacent to an activating group) is 1. The second kappa shape index (κ2) is 9.21. The quantitative estimate of drug-likeness (QED) is 0.418. The summed E-state index contributed by atoms with van der Waals surface area (Å²) in [7, 11) is 0. The van der Waals surface area contributed by atoms with E-state index in [0.29, 0.717) is 13.1 Å². The SMILES string of the molecule is CCc1ccc2nc(N3CCN(C(=O)c4c5c(nc6ccccc46)CCN(CC)C5)CC3)sc2c1. The third kappa shape index (κ3) is 4.06. The lowest BCUT2D eigenvalue weighted by Crippen LogP contribution is -2.49. The largest absolute Gasteiger partial charge is 0.345 e.